The third kappa shape index (κ3) is 4.28. The molecule has 1 aliphatic rings. The fourth-order valence-corrected chi connectivity index (χ4v) is 2.19. The van der Waals surface area contributed by atoms with Crippen LogP contribution in [0.4, 0.5) is 0 Å². The molecule has 12 heavy (non-hydrogen) atoms. The summed E-state index contributed by atoms with van der Waals surface area (Å²) < 4.78 is 26.2. The molecule has 1 rings (SSSR count). The molecule has 0 saturated carbocycles. The van der Waals surface area contributed by atoms with E-state index < -0.39 is 9.05 Å². The maximum Gasteiger partial charge on any atom is 0.232 e. The van der Waals surface area contributed by atoms with Gasteiger partial charge in [-0.25, -0.2) is 8.42 Å². The SMILES string of the molecule is O=S(=O)(Cl)CCCC1CCOC1. The zero-order valence-corrected chi connectivity index (χ0v) is 8.40. The molecule has 5 heteroatoms. The molecule has 0 aromatic heterocycles. The number of ether oxygens (including phenoxy) is 1. The Bertz CT molecular complexity index is 219. The largest absolute Gasteiger partial charge is 0.381 e. The molecule has 1 aliphatic heterocycles. The highest BCUT2D eigenvalue weighted by Crippen LogP contribution is 2.18. The van der Waals surface area contributed by atoms with E-state index in [2.05, 4.69) is 0 Å². The topological polar surface area (TPSA) is 43.4 Å². The summed E-state index contributed by atoms with van der Waals surface area (Å²) >= 11 is 0. The van der Waals surface area contributed by atoms with E-state index in [-0.39, 0.29) is 5.75 Å². The molecular weight excluding hydrogens is 200 g/mol. The van der Waals surface area contributed by atoms with Crippen molar-refractivity contribution in [3.05, 3.63) is 0 Å². The van der Waals surface area contributed by atoms with Crippen LogP contribution in [0.2, 0.25) is 0 Å². The summed E-state index contributed by atoms with van der Waals surface area (Å²) in [6.07, 6.45) is 2.62. The van der Waals surface area contributed by atoms with Crippen LogP contribution in [-0.4, -0.2) is 27.4 Å². The molecule has 1 unspecified atom stereocenters. The standard InChI is InChI=1S/C7H13ClO3S/c8-12(9,10)5-1-2-7-3-4-11-6-7/h7H,1-6H2. The van der Waals surface area contributed by atoms with Gasteiger partial charge in [0.1, 0.15) is 0 Å². The van der Waals surface area contributed by atoms with Gasteiger partial charge in [-0.2, -0.15) is 0 Å². The van der Waals surface area contributed by atoms with E-state index >= 15 is 0 Å². The van der Waals surface area contributed by atoms with Crippen molar-refractivity contribution in [2.75, 3.05) is 19.0 Å². The fourth-order valence-electron chi connectivity index (χ4n) is 1.36. The molecule has 0 N–H and O–H groups in total. The first-order chi connectivity index (χ1) is 5.58. The number of hydrogen-bond acceptors (Lipinski definition) is 3. The average Bonchev–Trinajstić information content (AvgIpc) is 2.36. The van der Waals surface area contributed by atoms with Gasteiger partial charge in [0, 0.05) is 23.9 Å². The van der Waals surface area contributed by atoms with Crippen LogP contribution in [0.5, 0.6) is 0 Å². The maximum absolute atomic E-state index is 10.5. The molecule has 1 saturated heterocycles. The van der Waals surface area contributed by atoms with Gasteiger partial charge in [0.25, 0.3) is 0 Å². The molecular formula is C7H13ClO3S. The van der Waals surface area contributed by atoms with Crippen LogP contribution in [-0.2, 0) is 13.8 Å². The van der Waals surface area contributed by atoms with E-state index in [1.54, 1.807) is 0 Å². The van der Waals surface area contributed by atoms with E-state index in [1.807, 2.05) is 0 Å². The molecule has 1 heterocycles. The van der Waals surface area contributed by atoms with Crippen LogP contribution in [0.3, 0.4) is 0 Å². The summed E-state index contributed by atoms with van der Waals surface area (Å²) in [5.41, 5.74) is 0. The van der Waals surface area contributed by atoms with Crippen molar-refractivity contribution in [2.45, 2.75) is 19.3 Å². The smallest absolute Gasteiger partial charge is 0.232 e. The Morgan fingerprint density at radius 3 is 2.75 bits per heavy atom. The lowest BCUT2D eigenvalue weighted by Crippen LogP contribution is -2.03. The second-order valence-electron chi connectivity index (χ2n) is 3.11. The van der Waals surface area contributed by atoms with E-state index in [1.165, 1.54) is 0 Å². The predicted molar refractivity (Wildman–Crippen MR) is 47.8 cm³/mol. The molecule has 0 aliphatic carbocycles. The van der Waals surface area contributed by atoms with Gasteiger partial charge in [-0.15, -0.1) is 0 Å². The van der Waals surface area contributed by atoms with Crippen molar-refractivity contribution in [3.63, 3.8) is 0 Å². The Labute approximate surface area is 77.5 Å². The van der Waals surface area contributed by atoms with E-state index in [0.717, 1.165) is 26.1 Å². The zero-order valence-electron chi connectivity index (χ0n) is 6.83. The van der Waals surface area contributed by atoms with Gasteiger partial charge in [0.2, 0.25) is 9.05 Å². The lowest BCUT2D eigenvalue weighted by molar-refractivity contribution is 0.184. The van der Waals surface area contributed by atoms with Crippen LogP contribution >= 0.6 is 10.7 Å². The van der Waals surface area contributed by atoms with Gasteiger partial charge in [0.15, 0.2) is 0 Å². The summed E-state index contributed by atoms with van der Waals surface area (Å²) in [6, 6.07) is 0. The summed E-state index contributed by atoms with van der Waals surface area (Å²) in [5, 5.41) is 0. The lowest BCUT2D eigenvalue weighted by atomic mass is 10.0. The maximum atomic E-state index is 10.5. The van der Waals surface area contributed by atoms with Gasteiger partial charge >= 0.3 is 0 Å². The molecule has 0 bridgehead atoms. The summed E-state index contributed by atoms with van der Waals surface area (Å²) in [5.74, 6) is 0.633. The molecule has 72 valence electrons. The van der Waals surface area contributed by atoms with Crippen LogP contribution in [0.25, 0.3) is 0 Å². The third-order valence-electron chi connectivity index (χ3n) is 2.02. The third-order valence-corrected chi connectivity index (χ3v) is 3.26. The quantitative estimate of drug-likeness (QED) is 0.662. The zero-order chi connectivity index (χ0) is 9.03. The fraction of sp³-hybridized carbons (Fsp3) is 1.00. The number of rotatable bonds is 4. The van der Waals surface area contributed by atoms with Crippen molar-refractivity contribution >= 4 is 19.7 Å². The summed E-state index contributed by atoms with van der Waals surface area (Å²) in [7, 11) is 1.78. The Balaban J connectivity index is 2.09. The first-order valence-electron chi connectivity index (χ1n) is 4.08. The van der Waals surface area contributed by atoms with Crippen LogP contribution in [0.1, 0.15) is 19.3 Å². The van der Waals surface area contributed by atoms with Gasteiger partial charge in [0.05, 0.1) is 5.75 Å². The number of hydrogen-bond donors (Lipinski definition) is 0. The highest BCUT2D eigenvalue weighted by atomic mass is 35.7. The molecule has 3 nitrogen and oxygen atoms in total. The minimum atomic E-state index is -3.28. The van der Waals surface area contributed by atoms with E-state index in [9.17, 15) is 8.42 Å². The Hall–Kier alpha value is 0.200. The van der Waals surface area contributed by atoms with Crippen molar-refractivity contribution in [1.82, 2.24) is 0 Å². The second-order valence-corrected chi connectivity index (χ2v) is 6.01. The molecule has 0 radical (unpaired) electrons. The first kappa shape index (κ1) is 10.3. The van der Waals surface area contributed by atoms with E-state index in [4.69, 9.17) is 15.4 Å². The van der Waals surface area contributed by atoms with Crippen LogP contribution in [0.15, 0.2) is 0 Å². The summed E-state index contributed by atoms with van der Waals surface area (Å²) in [6.45, 7) is 1.60. The normalized spacial score (nSPS) is 24.6. The predicted octanol–water partition coefficient (Wildman–Crippen LogP) is 1.37. The Morgan fingerprint density at radius 2 is 2.25 bits per heavy atom. The van der Waals surface area contributed by atoms with E-state index in [0.29, 0.717) is 12.3 Å². The monoisotopic (exact) mass is 212 g/mol. The summed E-state index contributed by atoms with van der Waals surface area (Å²) in [4.78, 5) is 0. The lowest BCUT2D eigenvalue weighted by Gasteiger charge is -2.04. The van der Waals surface area contributed by atoms with Crippen LogP contribution < -0.4 is 0 Å². The van der Waals surface area contributed by atoms with Crippen molar-refractivity contribution in [3.8, 4) is 0 Å². The van der Waals surface area contributed by atoms with Crippen molar-refractivity contribution in [1.29, 1.82) is 0 Å². The van der Waals surface area contributed by atoms with Gasteiger partial charge in [-0.3, -0.25) is 0 Å². The van der Waals surface area contributed by atoms with Crippen molar-refractivity contribution in [2.24, 2.45) is 5.92 Å². The van der Waals surface area contributed by atoms with Gasteiger partial charge < -0.3 is 4.74 Å². The van der Waals surface area contributed by atoms with Crippen molar-refractivity contribution < 1.29 is 13.2 Å². The Kier molecular flexibility index (Phi) is 3.80. The Morgan fingerprint density at radius 1 is 1.50 bits per heavy atom. The highest BCUT2D eigenvalue weighted by Gasteiger charge is 2.16. The van der Waals surface area contributed by atoms with Gasteiger partial charge in [-0.1, -0.05) is 0 Å². The first-order valence-corrected chi connectivity index (χ1v) is 6.56. The van der Waals surface area contributed by atoms with Gasteiger partial charge in [-0.05, 0) is 25.2 Å². The molecule has 0 aromatic carbocycles. The average molecular weight is 213 g/mol. The minimum Gasteiger partial charge on any atom is -0.381 e. The van der Waals surface area contributed by atoms with Crippen LogP contribution in [0, 0.1) is 5.92 Å². The molecule has 0 aromatic rings. The number of halogens is 1. The second kappa shape index (κ2) is 4.44. The molecule has 1 fully saturated rings. The molecule has 0 spiro atoms. The molecule has 0 amide bonds. The highest BCUT2D eigenvalue weighted by molar-refractivity contribution is 8.13. The minimum absolute atomic E-state index is 0.0883. The molecule has 1 atom stereocenters.